The molecule has 5 nitrogen and oxygen atoms in total. The fraction of sp³-hybridized carbons (Fsp3) is 0.565. The van der Waals surface area contributed by atoms with Crippen LogP contribution in [0.15, 0.2) is 29.3 Å². The molecule has 0 unspecified atom stereocenters. The van der Waals surface area contributed by atoms with Gasteiger partial charge in [0.1, 0.15) is 24.0 Å². The van der Waals surface area contributed by atoms with E-state index in [1.807, 2.05) is 22.5 Å². The SMILES string of the molecule is Cn1c(C(C)(C)C)cc(=NC(=S)c2cc(C(F)(F)F)ccc2OCCF)n1C[C@H]1CCCO1. The molecule has 182 valence electrons. The monoisotopic (exact) mass is 487 g/mol. The standard InChI is InChI=1S/C23H29F4N3O2S/c1-22(2,3)19-13-20(30(29(19)4)14-16-6-5-10-31-16)28-21(33)17-12-15(23(25,26)27)7-8-18(17)32-11-9-24/h7-8,12-13,16H,5-6,9-11,14H2,1-4H3/t16-/m1/s1. The van der Waals surface area contributed by atoms with Gasteiger partial charge in [-0.05, 0) is 31.0 Å². The maximum absolute atomic E-state index is 13.3. The number of rotatable bonds is 6. The number of ether oxygens (including phenoxy) is 2. The number of aromatic nitrogens is 2. The number of thiocarbonyl (C=S) groups is 1. The van der Waals surface area contributed by atoms with Crippen molar-refractivity contribution in [2.24, 2.45) is 12.0 Å². The Bertz CT molecular complexity index is 1060. The molecule has 0 aliphatic carbocycles. The first-order valence-corrected chi connectivity index (χ1v) is 11.2. The van der Waals surface area contributed by atoms with Crippen LogP contribution in [0.3, 0.4) is 0 Å². The van der Waals surface area contributed by atoms with E-state index in [2.05, 4.69) is 25.8 Å². The maximum atomic E-state index is 13.3. The second-order valence-corrected chi connectivity index (χ2v) is 9.43. The molecule has 0 N–H and O–H groups in total. The van der Waals surface area contributed by atoms with Gasteiger partial charge in [-0.1, -0.05) is 33.0 Å². The molecular weight excluding hydrogens is 458 g/mol. The molecule has 0 saturated carbocycles. The third kappa shape index (κ3) is 6.03. The highest BCUT2D eigenvalue weighted by Crippen LogP contribution is 2.33. The Hall–Kier alpha value is -2.20. The van der Waals surface area contributed by atoms with Crippen LogP contribution in [0.2, 0.25) is 0 Å². The minimum atomic E-state index is -4.56. The van der Waals surface area contributed by atoms with Crippen molar-refractivity contribution in [2.75, 3.05) is 19.9 Å². The van der Waals surface area contributed by atoms with Gasteiger partial charge in [-0.15, -0.1) is 0 Å². The Labute approximate surface area is 196 Å². The van der Waals surface area contributed by atoms with Crippen molar-refractivity contribution in [3.63, 3.8) is 0 Å². The molecule has 1 aliphatic rings. The zero-order chi connectivity index (χ0) is 24.4. The molecule has 1 aromatic carbocycles. The Balaban J connectivity index is 2.10. The summed E-state index contributed by atoms with van der Waals surface area (Å²) in [7, 11) is 1.91. The number of halogens is 4. The summed E-state index contributed by atoms with van der Waals surface area (Å²) in [6.07, 6.45) is -2.64. The number of benzene rings is 1. The van der Waals surface area contributed by atoms with Gasteiger partial charge in [-0.2, -0.15) is 13.2 Å². The first kappa shape index (κ1) is 25.4. The van der Waals surface area contributed by atoms with E-state index in [1.54, 1.807) is 0 Å². The molecule has 0 spiro atoms. The van der Waals surface area contributed by atoms with Crippen molar-refractivity contribution in [3.8, 4) is 5.75 Å². The average molecular weight is 488 g/mol. The van der Waals surface area contributed by atoms with Gasteiger partial charge in [-0.3, -0.25) is 9.36 Å². The molecule has 3 rings (SSSR count). The lowest BCUT2D eigenvalue weighted by Crippen LogP contribution is -2.30. The summed E-state index contributed by atoms with van der Waals surface area (Å²) in [5, 5.41) is 0. The third-order valence-electron chi connectivity index (χ3n) is 5.50. The zero-order valence-corrected chi connectivity index (χ0v) is 20.0. The van der Waals surface area contributed by atoms with Gasteiger partial charge in [-0.25, -0.2) is 9.38 Å². The molecule has 10 heteroatoms. The van der Waals surface area contributed by atoms with Gasteiger partial charge in [0.2, 0.25) is 0 Å². The lowest BCUT2D eigenvalue weighted by molar-refractivity contribution is -0.137. The van der Waals surface area contributed by atoms with E-state index in [-0.39, 0.29) is 34.4 Å². The van der Waals surface area contributed by atoms with Gasteiger partial charge in [0.25, 0.3) is 0 Å². The summed E-state index contributed by atoms with van der Waals surface area (Å²) >= 11 is 5.45. The number of hydrogen-bond donors (Lipinski definition) is 0. The predicted molar refractivity (Wildman–Crippen MR) is 121 cm³/mol. The lowest BCUT2D eigenvalue weighted by Gasteiger charge is -2.21. The zero-order valence-electron chi connectivity index (χ0n) is 19.2. The minimum Gasteiger partial charge on any atom is -0.490 e. The fourth-order valence-electron chi connectivity index (χ4n) is 3.88. The number of hydrogen-bond acceptors (Lipinski definition) is 3. The molecule has 2 aromatic rings. The van der Waals surface area contributed by atoms with E-state index in [0.29, 0.717) is 18.6 Å². The van der Waals surface area contributed by atoms with Gasteiger partial charge in [0, 0.05) is 30.8 Å². The van der Waals surface area contributed by atoms with Gasteiger partial charge < -0.3 is 9.47 Å². The molecule has 33 heavy (non-hydrogen) atoms. The molecule has 0 bridgehead atoms. The van der Waals surface area contributed by atoms with E-state index < -0.39 is 18.4 Å². The van der Waals surface area contributed by atoms with E-state index in [4.69, 9.17) is 21.7 Å². The normalized spacial score (nSPS) is 17.6. The van der Waals surface area contributed by atoms with Crippen LogP contribution in [0.4, 0.5) is 17.6 Å². The lowest BCUT2D eigenvalue weighted by atomic mass is 9.92. The quantitative estimate of drug-likeness (QED) is 0.428. The maximum Gasteiger partial charge on any atom is 0.416 e. The second-order valence-electron chi connectivity index (χ2n) is 9.04. The molecule has 1 aromatic heterocycles. The molecule has 1 saturated heterocycles. The second kappa shape index (κ2) is 9.97. The first-order chi connectivity index (χ1) is 15.4. The van der Waals surface area contributed by atoms with Crippen molar-refractivity contribution in [3.05, 3.63) is 46.6 Å². The minimum absolute atomic E-state index is 0.00176. The van der Waals surface area contributed by atoms with Crippen LogP contribution in [0.25, 0.3) is 0 Å². The van der Waals surface area contributed by atoms with Crippen LogP contribution in [0, 0.1) is 0 Å². The fourth-order valence-corrected chi connectivity index (χ4v) is 4.13. The number of alkyl halides is 4. The highest BCUT2D eigenvalue weighted by molar-refractivity contribution is 7.80. The topological polar surface area (TPSA) is 40.7 Å². The highest BCUT2D eigenvalue weighted by Gasteiger charge is 2.32. The van der Waals surface area contributed by atoms with Gasteiger partial charge in [0.05, 0.1) is 23.8 Å². The summed E-state index contributed by atoms with van der Waals surface area (Å²) in [5.41, 5.74) is 0.418. The summed E-state index contributed by atoms with van der Waals surface area (Å²) < 4.78 is 67.6. The van der Waals surface area contributed by atoms with Crippen LogP contribution in [-0.2, 0) is 29.9 Å². The van der Waals surface area contributed by atoms with E-state index in [9.17, 15) is 17.6 Å². The van der Waals surface area contributed by atoms with Gasteiger partial charge in [0.15, 0.2) is 5.49 Å². The van der Waals surface area contributed by atoms with E-state index in [1.165, 1.54) is 0 Å². The predicted octanol–water partition coefficient (Wildman–Crippen LogP) is 4.95. The molecule has 0 radical (unpaired) electrons. The Morgan fingerprint density at radius 1 is 1.24 bits per heavy atom. The molecule has 1 aliphatic heterocycles. The smallest absolute Gasteiger partial charge is 0.416 e. The third-order valence-corrected chi connectivity index (χ3v) is 5.81. The van der Waals surface area contributed by atoms with Crippen LogP contribution in [-0.4, -0.2) is 40.3 Å². The first-order valence-electron chi connectivity index (χ1n) is 10.8. The van der Waals surface area contributed by atoms with Crippen molar-refractivity contribution in [2.45, 2.75) is 57.9 Å². The summed E-state index contributed by atoms with van der Waals surface area (Å²) in [5.74, 6) is 0.0621. The molecule has 1 fully saturated rings. The van der Waals surface area contributed by atoms with Crippen LogP contribution in [0.5, 0.6) is 5.75 Å². The van der Waals surface area contributed by atoms with Crippen molar-refractivity contribution in [1.82, 2.24) is 9.36 Å². The number of nitrogens with zero attached hydrogens (tertiary/aromatic N) is 3. The van der Waals surface area contributed by atoms with Crippen LogP contribution >= 0.6 is 12.2 Å². The van der Waals surface area contributed by atoms with Crippen molar-refractivity contribution < 1.29 is 27.0 Å². The van der Waals surface area contributed by atoms with Crippen molar-refractivity contribution >= 4 is 17.2 Å². The Morgan fingerprint density at radius 2 is 1.97 bits per heavy atom. The van der Waals surface area contributed by atoms with E-state index >= 15 is 0 Å². The van der Waals surface area contributed by atoms with Crippen molar-refractivity contribution in [1.29, 1.82) is 0 Å². The summed E-state index contributed by atoms with van der Waals surface area (Å²) in [6.45, 7) is 6.37. The average Bonchev–Trinajstić information content (AvgIpc) is 3.34. The molecule has 0 amide bonds. The van der Waals surface area contributed by atoms with Crippen LogP contribution in [0.1, 0.15) is 50.4 Å². The Morgan fingerprint density at radius 3 is 2.55 bits per heavy atom. The molecule has 2 heterocycles. The largest absolute Gasteiger partial charge is 0.490 e. The molecular formula is C23H29F4N3O2S. The summed E-state index contributed by atoms with van der Waals surface area (Å²) in [4.78, 5) is 4.47. The highest BCUT2D eigenvalue weighted by atomic mass is 32.1. The summed E-state index contributed by atoms with van der Waals surface area (Å²) in [6, 6.07) is 4.83. The Kier molecular flexibility index (Phi) is 7.68. The van der Waals surface area contributed by atoms with Gasteiger partial charge >= 0.3 is 6.18 Å². The molecule has 1 atom stereocenters. The van der Waals surface area contributed by atoms with Crippen LogP contribution < -0.4 is 10.2 Å². The van der Waals surface area contributed by atoms with E-state index in [0.717, 1.165) is 36.7 Å².